The molecule has 1 heterocycles. The second kappa shape index (κ2) is 7.90. The first kappa shape index (κ1) is 16.4. The second-order valence-corrected chi connectivity index (χ2v) is 6.61. The number of para-hydroxylation sites is 1. The van der Waals surface area contributed by atoms with E-state index in [2.05, 4.69) is 35.0 Å². The number of benzene rings is 2. The van der Waals surface area contributed by atoms with E-state index in [0.717, 1.165) is 5.69 Å². The highest BCUT2D eigenvalue weighted by molar-refractivity contribution is 7.10. The third kappa shape index (κ3) is 3.91. The van der Waals surface area contributed by atoms with Crippen molar-refractivity contribution in [3.8, 4) is 0 Å². The minimum Gasteiger partial charge on any atom is -0.328 e. The van der Waals surface area contributed by atoms with Crippen molar-refractivity contribution >= 4 is 22.9 Å². The molecule has 1 amide bonds. The van der Waals surface area contributed by atoms with Crippen LogP contribution in [-0.4, -0.2) is 19.5 Å². The Labute approximate surface area is 146 Å². The molecule has 4 heteroatoms. The van der Waals surface area contributed by atoms with E-state index in [1.165, 1.54) is 10.4 Å². The molecule has 3 rings (SSSR count). The Morgan fingerprint density at radius 3 is 2.29 bits per heavy atom. The van der Waals surface area contributed by atoms with Gasteiger partial charge in [0.2, 0.25) is 0 Å². The van der Waals surface area contributed by atoms with Crippen LogP contribution in [0, 0.1) is 0 Å². The molecule has 2 N–H and O–H groups in total. The summed E-state index contributed by atoms with van der Waals surface area (Å²) in [5, 5.41) is 4.19. The zero-order valence-corrected chi connectivity index (χ0v) is 14.4. The molecule has 0 aliphatic carbocycles. The minimum absolute atomic E-state index is 0.0960. The molecule has 0 bridgehead atoms. The molecule has 3 nitrogen and oxygen atoms in total. The van der Waals surface area contributed by atoms with Gasteiger partial charge in [-0.3, -0.25) is 4.79 Å². The van der Waals surface area contributed by atoms with E-state index < -0.39 is 0 Å². The minimum atomic E-state index is 0.0960. The quantitative estimate of drug-likeness (QED) is 0.737. The summed E-state index contributed by atoms with van der Waals surface area (Å²) in [6, 6.07) is 24.4. The third-order valence-electron chi connectivity index (χ3n) is 4.05. The van der Waals surface area contributed by atoms with Gasteiger partial charge in [-0.15, -0.1) is 11.3 Å². The Morgan fingerprint density at radius 2 is 1.67 bits per heavy atom. The summed E-state index contributed by atoms with van der Waals surface area (Å²) in [5.41, 5.74) is 2.14. The van der Waals surface area contributed by atoms with Crippen molar-refractivity contribution < 1.29 is 10.1 Å². The standard InChI is InChI=1S/C20H20N2OS/c1-22(17-11-6-3-7-12-17)19(23)15-21-20(18-13-8-14-24-18)16-9-4-2-5-10-16/h2-14,20-21H,15H2,1H3/p+1/t20-/m1/s1. The first-order valence-electron chi connectivity index (χ1n) is 7.99. The molecule has 0 aliphatic heterocycles. The molecule has 24 heavy (non-hydrogen) atoms. The molecule has 0 aliphatic rings. The topological polar surface area (TPSA) is 36.9 Å². The maximum atomic E-state index is 12.5. The van der Waals surface area contributed by atoms with Gasteiger partial charge in [0.25, 0.3) is 5.91 Å². The van der Waals surface area contributed by atoms with Crippen LogP contribution in [0.25, 0.3) is 0 Å². The Hall–Kier alpha value is -2.43. The fourth-order valence-corrected chi connectivity index (χ4v) is 3.55. The number of nitrogens with two attached hydrogens (primary N) is 1. The SMILES string of the molecule is CN(C(=O)C[NH2+][C@H](c1ccccc1)c1cccs1)c1ccccc1. The molecule has 0 unspecified atom stereocenters. The van der Waals surface area contributed by atoms with Crippen LogP contribution in [0.15, 0.2) is 78.2 Å². The zero-order valence-electron chi connectivity index (χ0n) is 13.6. The van der Waals surface area contributed by atoms with Gasteiger partial charge in [-0.05, 0) is 23.6 Å². The third-order valence-corrected chi connectivity index (χ3v) is 5.01. The van der Waals surface area contributed by atoms with E-state index in [9.17, 15) is 4.79 Å². The number of hydrogen-bond acceptors (Lipinski definition) is 2. The summed E-state index contributed by atoms with van der Waals surface area (Å²) in [6.45, 7) is 0.406. The van der Waals surface area contributed by atoms with Gasteiger partial charge in [-0.25, -0.2) is 0 Å². The molecule has 3 aromatic rings. The molecule has 0 radical (unpaired) electrons. The van der Waals surface area contributed by atoms with Gasteiger partial charge in [0.15, 0.2) is 6.54 Å². The second-order valence-electron chi connectivity index (χ2n) is 5.63. The van der Waals surface area contributed by atoms with Gasteiger partial charge in [-0.2, -0.15) is 0 Å². The first-order valence-corrected chi connectivity index (χ1v) is 8.87. The van der Waals surface area contributed by atoms with E-state index in [1.54, 1.807) is 16.2 Å². The molecule has 0 spiro atoms. The van der Waals surface area contributed by atoms with Crippen molar-refractivity contribution in [2.75, 3.05) is 18.5 Å². The Kier molecular flexibility index (Phi) is 5.41. The summed E-state index contributed by atoms with van der Waals surface area (Å²) in [6.07, 6.45) is 0. The van der Waals surface area contributed by atoms with Gasteiger partial charge >= 0.3 is 0 Å². The van der Waals surface area contributed by atoms with Crippen LogP contribution in [0.2, 0.25) is 0 Å². The van der Waals surface area contributed by atoms with E-state index in [-0.39, 0.29) is 11.9 Å². The number of hydrogen-bond donors (Lipinski definition) is 1. The van der Waals surface area contributed by atoms with Crippen LogP contribution in [0.5, 0.6) is 0 Å². The van der Waals surface area contributed by atoms with Gasteiger partial charge in [0.05, 0.1) is 4.88 Å². The summed E-state index contributed by atoms with van der Waals surface area (Å²) in [7, 11) is 1.83. The van der Waals surface area contributed by atoms with Crippen LogP contribution in [0.4, 0.5) is 5.69 Å². The van der Waals surface area contributed by atoms with Crippen molar-refractivity contribution in [3.63, 3.8) is 0 Å². The van der Waals surface area contributed by atoms with Crippen molar-refractivity contribution in [3.05, 3.63) is 88.6 Å². The number of thiophene rings is 1. The molecule has 1 atom stereocenters. The highest BCUT2D eigenvalue weighted by Gasteiger charge is 2.21. The molecule has 2 aromatic carbocycles. The smallest absolute Gasteiger partial charge is 0.281 e. The van der Waals surface area contributed by atoms with Crippen molar-refractivity contribution in [1.82, 2.24) is 0 Å². The number of carbonyl (C=O) groups excluding carboxylic acids is 1. The fraction of sp³-hybridized carbons (Fsp3) is 0.150. The monoisotopic (exact) mass is 337 g/mol. The van der Waals surface area contributed by atoms with E-state index in [4.69, 9.17) is 0 Å². The highest BCUT2D eigenvalue weighted by Crippen LogP contribution is 2.22. The summed E-state index contributed by atoms with van der Waals surface area (Å²) >= 11 is 1.73. The molecule has 0 saturated heterocycles. The summed E-state index contributed by atoms with van der Waals surface area (Å²) in [4.78, 5) is 15.5. The van der Waals surface area contributed by atoms with Crippen LogP contribution in [-0.2, 0) is 4.79 Å². The Morgan fingerprint density at radius 1 is 1.00 bits per heavy atom. The van der Waals surface area contributed by atoms with Gasteiger partial charge in [0.1, 0.15) is 6.04 Å². The zero-order chi connectivity index (χ0) is 16.8. The van der Waals surface area contributed by atoms with E-state index in [1.807, 2.05) is 55.6 Å². The normalized spacial score (nSPS) is 11.9. The Bertz CT molecular complexity index is 757. The average Bonchev–Trinajstić information content (AvgIpc) is 3.17. The van der Waals surface area contributed by atoms with Crippen LogP contribution in [0.3, 0.4) is 0 Å². The number of likely N-dealkylation sites (N-methyl/N-ethyl adjacent to an activating group) is 1. The van der Waals surface area contributed by atoms with Crippen LogP contribution >= 0.6 is 11.3 Å². The highest BCUT2D eigenvalue weighted by atomic mass is 32.1. The lowest BCUT2D eigenvalue weighted by Gasteiger charge is -2.19. The van der Waals surface area contributed by atoms with E-state index >= 15 is 0 Å². The van der Waals surface area contributed by atoms with Crippen molar-refractivity contribution in [1.29, 1.82) is 0 Å². The van der Waals surface area contributed by atoms with Crippen molar-refractivity contribution in [2.24, 2.45) is 0 Å². The number of rotatable bonds is 6. The van der Waals surface area contributed by atoms with Crippen molar-refractivity contribution in [2.45, 2.75) is 6.04 Å². The van der Waals surface area contributed by atoms with Crippen LogP contribution < -0.4 is 10.2 Å². The molecule has 0 fully saturated rings. The lowest BCUT2D eigenvalue weighted by Crippen LogP contribution is -2.87. The predicted octanol–water partition coefficient (Wildman–Crippen LogP) is 3.06. The lowest BCUT2D eigenvalue weighted by molar-refractivity contribution is -0.676. The molecular weight excluding hydrogens is 316 g/mol. The molecule has 0 saturated carbocycles. The van der Waals surface area contributed by atoms with Gasteiger partial charge < -0.3 is 10.2 Å². The summed E-state index contributed by atoms with van der Waals surface area (Å²) < 4.78 is 0. The molecular formula is C20H21N2OS+. The average molecular weight is 337 g/mol. The largest absolute Gasteiger partial charge is 0.328 e. The number of anilines is 1. The maximum absolute atomic E-state index is 12.5. The van der Waals surface area contributed by atoms with Crippen LogP contribution in [0.1, 0.15) is 16.5 Å². The number of carbonyl (C=O) groups is 1. The number of quaternary nitrogens is 1. The predicted molar refractivity (Wildman–Crippen MR) is 99.2 cm³/mol. The number of amides is 1. The molecule has 1 aromatic heterocycles. The fourth-order valence-electron chi connectivity index (χ4n) is 2.70. The molecule has 122 valence electrons. The van der Waals surface area contributed by atoms with E-state index in [0.29, 0.717) is 6.54 Å². The Balaban J connectivity index is 1.71. The first-order chi connectivity index (χ1) is 11.8. The van der Waals surface area contributed by atoms with Gasteiger partial charge in [0, 0.05) is 18.3 Å². The number of nitrogens with zero attached hydrogens (tertiary/aromatic N) is 1. The summed E-state index contributed by atoms with van der Waals surface area (Å²) in [5.74, 6) is 0.0960. The lowest BCUT2D eigenvalue weighted by atomic mass is 10.1. The van der Waals surface area contributed by atoms with Gasteiger partial charge in [-0.1, -0.05) is 54.6 Å². The maximum Gasteiger partial charge on any atom is 0.281 e.